The molecule has 0 atom stereocenters. The van der Waals surface area contributed by atoms with Crippen LogP contribution in [0.3, 0.4) is 0 Å². The van der Waals surface area contributed by atoms with Crippen LogP contribution in [-0.4, -0.2) is 66.0 Å². The molecule has 31 heavy (non-hydrogen) atoms. The highest BCUT2D eigenvalue weighted by Gasteiger charge is 2.51. The molecule has 5 rings (SSSR count). The summed E-state index contributed by atoms with van der Waals surface area (Å²) in [4.78, 5) is 41.3. The monoisotopic (exact) mass is 433 g/mol. The van der Waals surface area contributed by atoms with E-state index in [1.807, 2.05) is 4.90 Å². The van der Waals surface area contributed by atoms with Gasteiger partial charge < -0.3 is 19.9 Å². The Morgan fingerprint density at radius 2 is 1.39 bits per heavy atom. The molecule has 4 saturated carbocycles. The third kappa shape index (κ3) is 5.53. The zero-order chi connectivity index (χ0) is 22.2. The van der Waals surface area contributed by atoms with Gasteiger partial charge in [0, 0.05) is 32.6 Å². The Balaban J connectivity index is 1.25. The van der Waals surface area contributed by atoms with Gasteiger partial charge >= 0.3 is 6.09 Å². The molecule has 3 amide bonds. The predicted molar refractivity (Wildman–Crippen MR) is 117 cm³/mol. The number of carbonyl (C=O) groups is 3. The van der Waals surface area contributed by atoms with E-state index in [2.05, 4.69) is 5.32 Å². The van der Waals surface area contributed by atoms with Crippen LogP contribution in [0.25, 0.3) is 0 Å². The number of alkyl carbamates (subject to hydrolysis) is 1. The second-order valence-electron chi connectivity index (χ2n) is 11.6. The van der Waals surface area contributed by atoms with E-state index >= 15 is 0 Å². The van der Waals surface area contributed by atoms with Crippen LogP contribution in [0.4, 0.5) is 4.79 Å². The van der Waals surface area contributed by atoms with Gasteiger partial charge in [0.2, 0.25) is 11.8 Å². The number of hydrogen-bond donors (Lipinski definition) is 1. The molecular formula is C24H39N3O4. The molecule has 0 radical (unpaired) electrons. The van der Waals surface area contributed by atoms with Gasteiger partial charge in [-0.15, -0.1) is 0 Å². The van der Waals surface area contributed by atoms with Gasteiger partial charge in [0.15, 0.2) is 0 Å². The van der Waals surface area contributed by atoms with Gasteiger partial charge in [-0.1, -0.05) is 0 Å². The van der Waals surface area contributed by atoms with Crippen molar-refractivity contribution in [2.45, 2.75) is 77.7 Å². The molecule has 0 aromatic carbocycles. The van der Waals surface area contributed by atoms with E-state index in [4.69, 9.17) is 4.74 Å². The van der Waals surface area contributed by atoms with Crippen LogP contribution >= 0.6 is 0 Å². The molecule has 174 valence electrons. The summed E-state index contributed by atoms with van der Waals surface area (Å²) in [6.45, 7) is 7.75. The first-order chi connectivity index (χ1) is 14.6. The molecular weight excluding hydrogens is 394 g/mol. The SMILES string of the molecule is CC(C)(C)OC(=O)NCC(=O)N1CCCN(C(=O)CC23CC4CC(CC(C4)C2)C3)CC1. The number of carbonyl (C=O) groups excluding carboxylic acids is 3. The van der Waals surface area contributed by atoms with E-state index in [1.54, 1.807) is 25.7 Å². The molecule has 5 aliphatic rings. The molecule has 1 saturated heterocycles. The van der Waals surface area contributed by atoms with E-state index in [0.717, 1.165) is 24.2 Å². The van der Waals surface area contributed by atoms with Gasteiger partial charge in [-0.25, -0.2) is 4.79 Å². The van der Waals surface area contributed by atoms with E-state index in [0.29, 0.717) is 32.6 Å². The molecule has 1 N–H and O–H groups in total. The largest absolute Gasteiger partial charge is 0.444 e. The van der Waals surface area contributed by atoms with Crippen molar-refractivity contribution < 1.29 is 19.1 Å². The van der Waals surface area contributed by atoms with Gasteiger partial charge in [0.25, 0.3) is 0 Å². The molecule has 0 aromatic rings. The Hall–Kier alpha value is -1.79. The van der Waals surface area contributed by atoms with Crippen LogP contribution in [0.15, 0.2) is 0 Å². The Morgan fingerprint density at radius 1 is 0.871 bits per heavy atom. The number of nitrogens with one attached hydrogen (secondary N) is 1. The summed E-state index contributed by atoms with van der Waals surface area (Å²) in [5.74, 6) is 2.72. The molecule has 1 aliphatic heterocycles. The van der Waals surface area contributed by atoms with Crippen LogP contribution in [-0.2, 0) is 14.3 Å². The average molecular weight is 434 g/mol. The van der Waals surface area contributed by atoms with Crippen LogP contribution in [0, 0.1) is 23.2 Å². The van der Waals surface area contributed by atoms with E-state index in [9.17, 15) is 14.4 Å². The lowest BCUT2D eigenvalue weighted by molar-refractivity contribution is -0.140. The lowest BCUT2D eigenvalue weighted by atomic mass is 9.49. The fourth-order valence-electron chi connectivity index (χ4n) is 6.93. The Kier molecular flexibility index (Phi) is 6.23. The van der Waals surface area contributed by atoms with Crippen LogP contribution < -0.4 is 5.32 Å². The maximum Gasteiger partial charge on any atom is 0.408 e. The number of ether oxygens (including phenoxy) is 1. The first-order valence-electron chi connectivity index (χ1n) is 12.1. The maximum atomic E-state index is 13.2. The van der Waals surface area contributed by atoms with Crippen molar-refractivity contribution in [2.75, 3.05) is 32.7 Å². The summed E-state index contributed by atoms with van der Waals surface area (Å²) in [5.41, 5.74) is -0.335. The van der Waals surface area contributed by atoms with Crippen molar-refractivity contribution in [3.05, 3.63) is 0 Å². The zero-order valence-corrected chi connectivity index (χ0v) is 19.5. The minimum atomic E-state index is -0.590. The van der Waals surface area contributed by atoms with Crippen molar-refractivity contribution in [3.63, 3.8) is 0 Å². The predicted octanol–water partition coefficient (Wildman–Crippen LogP) is 3.18. The Morgan fingerprint density at radius 3 is 1.90 bits per heavy atom. The minimum Gasteiger partial charge on any atom is -0.444 e. The summed E-state index contributed by atoms with van der Waals surface area (Å²) in [6.07, 6.45) is 8.83. The third-order valence-electron chi connectivity index (χ3n) is 7.68. The summed E-state index contributed by atoms with van der Waals surface area (Å²) in [7, 11) is 0. The molecule has 7 nitrogen and oxygen atoms in total. The standard InChI is InChI=1S/C24H39N3O4/c1-23(2,3)31-22(30)25-16-21(29)27-6-4-5-26(7-8-27)20(28)15-24-12-17-9-18(13-24)11-19(10-17)14-24/h17-19H,4-16H2,1-3H3,(H,25,30). The van der Waals surface area contributed by atoms with Crippen molar-refractivity contribution in [1.29, 1.82) is 0 Å². The summed E-state index contributed by atoms with van der Waals surface area (Å²) < 4.78 is 5.19. The van der Waals surface area contributed by atoms with Gasteiger partial charge in [0.05, 0.1) is 0 Å². The molecule has 5 fully saturated rings. The number of amides is 3. The fraction of sp³-hybridized carbons (Fsp3) is 0.875. The van der Waals surface area contributed by atoms with Crippen molar-refractivity contribution in [1.82, 2.24) is 15.1 Å². The van der Waals surface area contributed by atoms with Gasteiger partial charge in [-0.3, -0.25) is 9.59 Å². The van der Waals surface area contributed by atoms with E-state index < -0.39 is 11.7 Å². The van der Waals surface area contributed by atoms with E-state index in [-0.39, 0.29) is 23.8 Å². The fourth-order valence-corrected chi connectivity index (χ4v) is 6.93. The van der Waals surface area contributed by atoms with Crippen molar-refractivity contribution in [3.8, 4) is 0 Å². The Labute approximate surface area is 186 Å². The highest BCUT2D eigenvalue weighted by Crippen LogP contribution is 2.61. The molecule has 4 aliphatic carbocycles. The summed E-state index contributed by atoms with van der Waals surface area (Å²) in [5, 5.41) is 2.54. The molecule has 0 spiro atoms. The van der Waals surface area contributed by atoms with Crippen molar-refractivity contribution >= 4 is 17.9 Å². The number of nitrogens with zero attached hydrogens (tertiary/aromatic N) is 2. The second kappa shape index (κ2) is 8.62. The second-order valence-corrected chi connectivity index (χ2v) is 11.6. The first-order valence-corrected chi connectivity index (χ1v) is 12.1. The van der Waals surface area contributed by atoms with Gasteiger partial charge in [0.1, 0.15) is 12.1 Å². The first kappa shape index (κ1) is 22.4. The zero-order valence-electron chi connectivity index (χ0n) is 19.5. The van der Waals surface area contributed by atoms with Crippen LogP contribution in [0.2, 0.25) is 0 Å². The topological polar surface area (TPSA) is 79.0 Å². The number of rotatable bonds is 4. The smallest absolute Gasteiger partial charge is 0.408 e. The molecule has 4 bridgehead atoms. The maximum absolute atomic E-state index is 13.2. The number of hydrogen-bond acceptors (Lipinski definition) is 4. The normalized spacial score (nSPS) is 32.5. The average Bonchev–Trinajstić information content (AvgIpc) is 2.89. The molecule has 7 heteroatoms. The Bertz CT molecular complexity index is 679. The van der Waals surface area contributed by atoms with E-state index in [1.165, 1.54) is 38.5 Å². The third-order valence-corrected chi connectivity index (χ3v) is 7.68. The van der Waals surface area contributed by atoms with Crippen LogP contribution in [0.1, 0.15) is 72.1 Å². The quantitative estimate of drug-likeness (QED) is 0.739. The van der Waals surface area contributed by atoms with Crippen molar-refractivity contribution in [2.24, 2.45) is 23.2 Å². The van der Waals surface area contributed by atoms with Gasteiger partial charge in [-0.2, -0.15) is 0 Å². The molecule has 0 aromatic heterocycles. The van der Waals surface area contributed by atoms with Crippen LogP contribution in [0.5, 0.6) is 0 Å². The van der Waals surface area contributed by atoms with Gasteiger partial charge in [-0.05, 0) is 88.9 Å². The molecule has 1 heterocycles. The minimum absolute atomic E-state index is 0.0733. The summed E-state index contributed by atoms with van der Waals surface area (Å²) >= 11 is 0. The summed E-state index contributed by atoms with van der Waals surface area (Å²) in [6, 6.07) is 0. The lowest BCUT2D eigenvalue weighted by Gasteiger charge is -2.57. The highest BCUT2D eigenvalue weighted by molar-refractivity contribution is 5.82. The molecule has 0 unspecified atom stereocenters. The lowest BCUT2D eigenvalue weighted by Crippen LogP contribution is -2.49. The highest BCUT2D eigenvalue weighted by atomic mass is 16.6.